The van der Waals surface area contributed by atoms with Crippen LogP contribution in [0.3, 0.4) is 0 Å². The number of likely N-dealkylation sites (N-methyl/N-ethyl adjacent to an activating group) is 1. The molecule has 0 bridgehead atoms. The van der Waals surface area contributed by atoms with E-state index in [2.05, 4.69) is 10.6 Å². The maximum absolute atomic E-state index is 11.0. The Bertz CT molecular complexity index is 182. The maximum Gasteiger partial charge on any atom is 0.234 e. The van der Waals surface area contributed by atoms with Crippen molar-refractivity contribution in [3.05, 3.63) is 0 Å². The third-order valence-corrected chi connectivity index (χ3v) is 1.28. The third-order valence-electron chi connectivity index (χ3n) is 1.28. The fraction of sp³-hybridized carbons (Fsp3) is 0.800. The first-order chi connectivity index (χ1) is 7.02. The van der Waals surface area contributed by atoms with Crippen LogP contribution in [0.15, 0.2) is 0 Å². The summed E-state index contributed by atoms with van der Waals surface area (Å²) in [6.45, 7) is 6.78. The van der Waals surface area contributed by atoms with E-state index in [9.17, 15) is 9.59 Å². The highest BCUT2D eigenvalue weighted by Gasteiger charge is 2.00. The standard InChI is InChI=1S/C8H17N3O2.C2H6/c1-7(12)9-4-5-10-8(13)6-11(2)3;1-2/h4-6H2,1-3H3,(H,9,12)(H,10,13);1-2H3. The van der Waals surface area contributed by atoms with E-state index in [1.165, 1.54) is 6.92 Å². The Morgan fingerprint density at radius 2 is 1.53 bits per heavy atom. The van der Waals surface area contributed by atoms with E-state index < -0.39 is 0 Å². The summed E-state index contributed by atoms with van der Waals surface area (Å²) in [5.41, 5.74) is 0. The molecule has 0 saturated heterocycles. The molecule has 0 spiro atoms. The Hall–Kier alpha value is -1.10. The fourth-order valence-corrected chi connectivity index (χ4v) is 0.784. The van der Waals surface area contributed by atoms with Gasteiger partial charge in [-0.25, -0.2) is 0 Å². The van der Waals surface area contributed by atoms with Crippen LogP contribution in [-0.2, 0) is 9.59 Å². The van der Waals surface area contributed by atoms with Crippen molar-refractivity contribution in [2.75, 3.05) is 33.7 Å². The molecule has 0 atom stereocenters. The summed E-state index contributed by atoms with van der Waals surface area (Å²) in [6.07, 6.45) is 0. The zero-order valence-corrected chi connectivity index (χ0v) is 10.4. The molecule has 5 heteroatoms. The second kappa shape index (κ2) is 11.0. The summed E-state index contributed by atoms with van der Waals surface area (Å²) < 4.78 is 0. The molecule has 0 aromatic carbocycles. The molecule has 0 radical (unpaired) electrons. The zero-order chi connectivity index (χ0) is 12.3. The van der Waals surface area contributed by atoms with Gasteiger partial charge in [0.1, 0.15) is 0 Å². The molecular formula is C10H23N3O2. The van der Waals surface area contributed by atoms with Gasteiger partial charge >= 0.3 is 0 Å². The van der Waals surface area contributed by atoms with Gasteiger partial charge in [0.2, 0.25) is 11.8 Å². The molecule has 2 N–H and O–H groups in total. The van der Waals surface area contributed by atoms with Crippen molar-refractivity contribution >= 4 is 11.8 Å². The lowest BCUT2D eigenvalue weighted by atomic mass is 10.5. The van der Waals surface area contributed by atoms with Crippen LogP contribution in [0.1, 0.15) is 20.8 Å². The van der Waals surface area contributed by atoms with Crippen LogP contribution in [-0.4, -0.2) is 50.4 Å². The van der Waals surface area contributed by atoms with Crippen molar-refractivity contribution in [3.63, 3.8) is 0 Å². The molecule has 0 fully saturated rings. The largest absolute Gasteiger partial charge is 0.355 e. The van der Waals surface area contributed by atoms with Crippen molar-refractivity contribution in [3.8, 4) is 0 Å². The van der Waals surface area contributed by atoms with Crippen LogP contribution in [0, 0.1) is 0 Å². The molecule has 0 aliphatic heterocycles. The summed E-state index contributed by atoms with van der Waals surface area (Å²) >= 11 is 0. The van der Waals surface area contributed by atoms with Crippen LogP contribution < -0.4 is 10.6 Å². The molecule has 0 aromatic heterocycles. The highest BCUT2D eigenvalue weighted by atomic mass is 16.2. The molecule has 0 aromatic rings. The van der Waals surface area contributed by atoms with Gasteiger partial charge in [-0.2, -0.15) is 0 Å². The van der Waals surface area contributed by atoms with Crippen LogP contribution in [0.2, 0.25) is 0 Å². The monoisotopic (exact) mass is 217 g/mol. The van der Waals surface area contributed by atoms with Crippen LogP contribution >= 0.6 is 0 Å². The van der Waals surface area contributed by atoms with Crippen LogP contribution in [0.4, 0.5) is 0 Å². The average Bonchev–Trinajstić information content (AvgIpc) is 2.14. The lowest BCUT2D eigenvalue weighted by molar-refractivity contribution is -0.122. The molecular weight excluding hydrogens is 194 g/mol. The first-order valence-corrected chi connectivity index (χ1v) is 5.18. The summed E-state index contributed by atoms with van der Waals surface area (Å²) in [5, 5.41) is 5.26. The molecule has 0 saturated carbocycles. The molecule has 0 rings (SSSR count). The summed E-state index contributed by atoms with van der Waals surface area (Å²) in [7, 11) is 3.65. The number of amides is 2. The van der Waals surface area contributed by atoms with E-state index in [0.717, 1.165) is 0 Å². The number of hydrogen-bond donors (Lipinski definition) is 2. The number of hydrogen-bond acceptors (Lipinski definition) is 3. The minimum atomic E-state index is -0.0816. The van der Waals surface area contributed by atoms with E-state index in [4.69, 9.17) is 0 Å². The Labute approximate surface area is 92.2 Å². The highest BCUT2D eigenvalue weighted by Crippen LogP contribution is 1.73. The highest BCUT2D eigenvalue weighted by molar-refractivity contribution is 5.78. The summed E-state index contributed by atoms with van der Waals surface area (Å²) in [5.74, 6) is -0.114. The smallest absolute Gasteiger partial charge is 0.234 e. The number of carbonyl (C=O) groups excluding carboxylic acids is 2. The normalized spacial score (nSPS) is 8.93. The van der Waals surface area contributed by atoms with Gasteiger partial charge in [-0.15, -0.1) is 0 Å². The Morgan fingerprint density at radius 1 is 1.07 bits per heavy atom. The molecule has 90 valence electrons. The third kappa shape index (κ3) is 15.6. The first-order valence-electron chi connectivity index (χ1n) is 5.18. The minimum absolute atomic E-state index is 0.0321. The predicted molar refractivity (Wildman–Crippen MR) is 61.6 cm³/mol. The van der Waals surface area contributed by atoms with E-state index in [0.29, 0.717) is 19.6 Å². The number of carbonyl (C=O) groups is 2. The molecule has 5 nitrogen and oxygen atoms in total. The Kier molecular flexibility index (Phi) is 12.0. The molecule has 0 aliphatic rings. The SMILES string of the molecule is CC.CC(=O)NCCNC(=O)CN(C)C. The van der Waals surface area contributed by atoms with Gasteiger partial charge < -0.3 is 15.5 Å². The molecule has 0 aliphatic carbocycles. The van der Waals surface area contributed by atoms with Crippen molar-refractivity contribution in [2.24, 2.45) is 0 Å². The number of nitrogens with one attached hydrogen (secondary N) is 2. The van der Waals surface area contributed by atoms with Crippen molar-refractivity contribution < 1.29 is 9.59 Å². The second-order valence-corrected chi connectivity index (χ2v) is 3.07. The Morgan fingerprint density at radius 3 is 1.93 bits per heavy atom. The lowest BCUT2D eigenvalue weighted by Crippen LogP contribution is -2.38. The molecule has 15 heavy (non-hydrogen) atoms. The lowest BCUT2D eigenvalue weighted by Gasteiger charge is -2.09. The molecule has 0 unspecified atom stereocenters. The van der Waals surface area contributed by atoms with Gasteiger partial charge in [0, 0.05) is 20.0 Å². The van der Waals surface area contributed by atoms with Gasteiger partial charge in [0.05, 0.1) is 6.54 Å². The summed E-state index contributed by atoms with van der Waals surface area (Å²) in [4.78, 5) is 23.3. The average molecular weight is 217 g/mol. The van der Waals surface area contributed by atoms with E-state index >= 15 is 0 Å². The first kappa shape index (κ1) is 16.3. The second-order valence-electron chi connectivity index (χ2n) is 3.07. The van der Waals surface area contributed by atoms with E-state index in [1.807, 2.05) is 27.9 Å². The van der Waals surface area contributed by atoms with Gasteiger partial charge in [0.25, 0.3) is 0 Å². The van der Waals surface area contributed by atoms with Crippen LogP contribution in [0.5, 0.6) is 0 Å². The summed E-state index contributed by atoms with van der Waals surface area (Å²) in [6, 6.07) is 0. The van der Waals surface area contributed by atoms with Gasteiger partial charge in [0.15, 0.2) is 0 Å². The molecule has 2 amide bonds. The van der Waals surface area contributed by atoms with Crippen molar-refractivity contribution in [2.45, 2.75) is 20.8 Å². The Balaban J connectivity index is 0. The fourth-order valence-electron chi connectivity index (χ4n) is 0.784. The van der Waals surface area contributed by atoms with Crippen molar-refractivity contribution in [1.29, 1.82) is 0 Å². The van der Waals surface area contributed by atoms with E-state index in [-0.39, 0.29) is 11.8 Å². The zero-order valence-electron chi connectivity index (χ0n) is 10.4. The van der Waals surface area contributed by atoms with E-state index in [1.54, 1.807) is 4.90 Å². The number of rotatable bonds is 5. The topological polar surface area (TPSA) is 61.4 Å². The van der Waals surface area contributed by atoms with Crippen LogP contribution in [0.25, 0.3) is 0 Å². The minimum Gasteiger partial charge on any atom is -0.355 e. The van der Waals surface area contributed by atoms with Gasteiger partial charge in [-0.1, -0.05) is 13.8 Å². The predicted octanol–water partition coefficient (Wildman–Crippen LogP) is -0.173. The maximum atomic E-state index is 11.0. The van der Waals surface area contributed by atoms with Gasteiger partial charge in [-0.3, -0.25) is 9.59 Å². The van der Waals surface area contributed by atoms with Gasteiger partial charge in [-0.05, 0) is 14.1 Å². The molecule has 0 heterocycles. The van der Waals surface area contributed by atoms with Crippen molar-refractivity contribution in [1.82, 2.24) is 15.5 Å². The number of nitrogens with zero attached hydrogens (tertiary/aromatic N) is 1. The quantitative estimate of drug-likeness (QED) is 0.628.